The summed E-state index contributed by atoms with van der Waals surface area (Å²) in [5, 5.41) is 23.5. The molecule has 0 aliphatic carbocycles. The zero-order chi connectivity index (χ0) is 66.3. The summed E-state index contributed by atoms with van der Waals surface area (Å²) in [5.41, 5.74) is 0. The molecule has 544 valence electrons. The molecule has 0 aliphatic rings. The molecule has 6 nitrogen and oxygen atoms in total. The molecule has 0 fully saturated rings. The van der Waals surface area contributed by atoms with Crippen LogP contribution >= 0.6 is 0 Å². The van der Waals surface area contributed by atoms with Crippen molar-refractivity contribution in [3.63, 3.8) is 0 Å². The number of unbranched alkanes of at least 4 members (excludes halogenated alkanes) is 63. The highest BCUT2D eigenvalue weighted by molar-refractivity contribution is 5.76. The van der Waals surface area contributed by atoms with Gasteiger partial charge in [0.05, 0.1) is 25.4 Å². The molecule has 1 amide bonds. The van der Waals surface area contributed by atoms with Crippen molar-refractivity contribution in [3.8, 4) is 0 Å². The molecule has 0 bridgehead atoms. The molecule has 0 rings (SSSR count). The number of rotatable bonds is 80. The molecule has 0 spiro atoms. The van der Waals surface area contributed by atoms with E-state index in [0.29, 0.717) is 25.9 Å². The average molecular weight is 1290 g/mol. The first-order valence-electron chi connectivity index (χ1n) is 42.2. The van der Waals surface area contributed by atoms with Crippen LogP contribution in [0, 0.1) is 0 Å². The molecule has 0 aromatic carbocycles. The Balaban J connectivity index is 3.34. The van der Waals surface area contributed by atoms with Gasteiger partial charge in [-0.25, -0.2) is 0 Å². The van der Waals surface area contributed by atoms with Crippen molar-refractivity contribution in [1.29, 1.82) is 0 Å². The number of nitrogens with one attached hydrogen (secondary N) is 1. The predicted octanol–water partition coefficient (Wildman–Crippen LogP) is 28.2. The summed E-state index contributed by atoms with van der Waals surface area (Å²) in [5.74, 6) is -0.0121. The number of hydrogen-bond acceptors (Lipinski definition) is 5. The van der Waals surface area contributed by atoms with Gasteiger partial charge < -0.3 is 20.3 Å². The third-order valence-corrected chi connectivity index (χ3v) is 19.9. The van der Waals surface area contributed by atoms with Gasteiger partial charge in [0.25, 0.3) is 0 Å². The van der Waals surface area contributed by atoms with Gasteiger partial charge in [-0.05, 0) is 83.5 Å². The van der Waals surface area contributed by atoms with E-state index in [-0.39, 0.29) is 18.5 Å². The monoisotopic (exact) mass is 1290 g/mol. The normalized spacial score (nSPS) is 12.6. The van der Waals surface area contributed by atoms with Crippen LogP contribution in [0.5, 0.6) is 0 Å². The Morgan fingerprint density at radius 3 is 0.848 bits per heavy atom. The maximum atomic E-state index is 12.6. The number of aliphatic hydroxyl groups excluding tert-OH is 2. The van der Waals surface area contributed by atoms with Gasteiger partial charge in [-0.15, -0.1) is 0 Å². The van der Waals surface area contributed by atoms with E-state index in [1.807, 2.05) is 0 Å². The van der Waals surface area contributed by atoms with Crippen LogP contribution in [0.25, 0.3) is 0 Å². The van der Waals surface area contributed by atoms with E-state index < -0.39 is 12.1 Å². The summed E-state index contributed by atoms with van der Waals surface area (Å²) in [4.78, 5) is 24.7. The topological polar surface area (TPSA) is 95.9 Å². The lowest BCUT2D eigenvalue weighted by atomic mass is 10.0. The van der Waals surface area contributed by atoms with Crippen molar-refractivity contribution < 1.29 is 24.5 Å². The summed E-state index contributed by atoms with van der Waals surface area (Å²) >= 11 is 0. The van der Waals surface area contributed by atoms with Crippen molar-refractivity contribution in [2.24, 2.45) is 0 Å². The second-order valence-corrected chi connectivity index (χ2v) is 29.2. The highest BCUT2D eigenvalue weighted by atomic mass is 16.5. The van der Waals surface area contributed by atoms with E-state index in [2.05, 4.69) is 55.6 Å². The first kappa shape index (κ1) is 90.1. The molecular formula is C86H165NO5. The molecule has 92 heavy (non-hydrogen) atoms. The van der Waals surface area contributed by atoms with Crippen molar-refractivity contribution in [2.45, 2.75) is 488 Å². The molecule has 3 N–H and O–H groups in total. The fourth-order valence-electron chi connectivity index (χ4n) is 13.5. The van der Waals surface area contributed by atoms with Crippen molar-refractivity contribution in [1.82, 2.24) is 5.32 Å². The molecule has 0 heterocycles. The van der Waals surface area contributed by atoms with Gasteiger partial charge >= 0.3 is 5.97 Å². The van der Waals surface area contributed by atoms with Crippen molar-refractivity contribution in [2.75, 3.05) is 13.2 Å². The Morgan fingerprint density at radius 2 is 0.543 bits per heavy atom. The number of aliphatic hydroxyl groups is 2. The van der Waals surface area contributed by atoms with Crippen molar-refractivity contribution >= 4 is 11.9 Å². The Hall–Kier alpha value is -1.92. The number of amides is 1. The highest BCUT2D eigenvalue weighted by Gasteiger charge is 2.20. The molecule has 0 aliphatic heterocycles. The Morgan fingerprint density at radius 1 is 0.304 bits per heavy atom. The van der Waals surface area contributed by atoms with Gasteiger partial charge in [-0.1, -0.05) is 416 Å². The van der Waals surface area contributed by atoms with Crippen LogP contribution in [0.1, 0.15) is 476 Å². The third kappa shape index (κ3) is 77.1. The third-order valence-electron chi connectivity index (χ3n) is 19.9. The minimum atomic E-state index is -0.663. The van der Waals surface area contributed by atoms with E-state index >= 15 is 0 Å². The van der Waals surface area contributed by atoms with Gasteiger partial charge in [0, 0.05) is 12.8 Å². The minimum absolute atomic E-state index is 0.0138. The largest absolute Gasteiger partial charge is 0.466 e. The molecule has 2 atom stereocenters. The maximum absolute atomic E-state index is 12.6. The SMILES string of the molecule is CCCCCC/C=C\C/C=C\CCCCCCCCCC(=O)OCCCCCCCCCCCCCCCC/C=C\CCCCCCCCCCCCCCCCCCCC(=O)NC(CO)C(O)CCCCCCCCCCCCCCCCCCCCCCCC. The molecule has 0 aromatic heterocycles. The fraction of sp³-hybridized carbons (Fsp3) is 0.907. The van der Waals surface area contributed by atoms with Gasteiger partial charge in [0.2, 0.25) is 5.91 Å². The van der Waals surface area contributed by atoms with Crippen LogP contribution < -0.4 is 5.32 Å². The summed E-state index contributed by atoms with van der Waals surface area (Å²) in [7, 11) is 0. The number of allylic oxidation sites excluding steroid dienone is 6. The zero-order valence-electron chi connectivity index (χ0n) is 62.6. The quantitative estimate of drug-likeness (QED) is 0.0320. The number of hydrogen-bond donors (Lipinski definition) is 3. The first-order valence-corrected chi connectivity index (χ1v) is 42.2. The summed E-state index contributed by atoms with van der Waals surface area (Å²) in [6, 6.07) is -0.540. The van der Waals surface area contributed by atoms with Gasteiger partial charge in [0.1, 0.15) is 0 Å². The van der Waals surface area contributed by atoms with Crippen molar-refractivity contribution in [3.05, 3.63) is 36.5 Å². The smallest absolute Gasteiger partial charge is 0.305 e. The van der Waals surface area contributed by atoms with Crippen LogP contribution in [0.4, 0.5) is 0 Å². The van der Waals surface area contributed by atoms with Crippen LogP contribution in [0.2, 0.25) is 0 Å². The molecule has 6 heteroatoms. The van der Waals surface area contributed by atoms with Gasteiger partial charge in [0.15, 0.2) is 0 Å². The predicted molar refractivity (Wildman–Crippen MR) is 407 cm³/mol. The lowest BCUT2D eigenvalue weighted by Crippen LogP contribution is -2.45. The van der Waals surface area contributed by atoms with E-state index in [1.165, 1.54) is 392 Å². The Kier molecular flexibility index (Phi) is 79.8. The summed E-state index contributed by atoms with van der Waals surface area (Å²) < 4.78 is 5.51. The first-order chi connectivity index (χ1) is 45.5. The standard InChI is InChI=1S/C86H165NO5/c1-3-5-7-9-11-13-15-17-19-21-23-24-40-43-46-50-54-58-62-66-70-74-78-84(89)83(82-88)87-85(90)79-75-71-67-63-59-55-51-47-44-41-38-36-34-32-30-28-26-25-27-29-31-33-35-37-39-42-45-49-53-57-61-65-69-73-77-81-92-86(91)80-76-72-68-64-60-56-52-48-22-20-18-16-14-12-10-8-6-4-2/h14,16,20,22,27,29,83-84,88-89H,3-13,15,17-19,21,23-26,28,30-82H2,1-2H3,(H,87,90)/b16-14-,22-20-,29-27-. The number of esters is 1. The summed E-state index contributed by atoms with van der Waals surface area (Å²) in [6.45, 7) is 4.99. The maximum Gasteiger partial charge on any atom is 0.305 e. The molecule has 0 aromatic rings. The van der Waals surface area contributed by atoms with E-state index in [1.54, 1.807) is 0 Å². The number of carbonyl (C=O) groups excluding carboxylic acids is 2. The highest BCUT2D eigenvalue weighted by Crippen LogP contribution is 2.20. The second kappa shape index (κ2) is 81.5. The Labute approximate surface area is 576 Å². The number of ether oxygens (including phenoxy) is 1. The van der Waals surface area contributed by atoms with E-state index in [9.17, 15) is 19.8 Å². The van der Waals surface area contributed by atoms with Crippen LogP contribution in [0.3, 0.4) is 0 Å². The van der Waals surface area contributed by atoms with Crippen LogP contribution in [0.15, 0.2) is 36.5 Å². The molecular weight excluding hydrogens is 1130 g/mol. The average Bonchev–Trinajstić information content (AvgIpc) is 3.77. The molecule has 2 unspecified atom stereocenters. The van der Waals surface area contributed by atoms with Gasteiger partial charge in [-0.3, -0.25) is 9.59 Å². The lowest BCUT2D eigenvalue weighted by molar-refractivity contribution is -0.143. The molecule has 0 saturated heterocycles. The Bertz CT molecular complexity index is 1490. The molecule has 0 radical (unpaired) electrons. The van der Waals surface area contributed by atoms with Crippen LogP contribution in [-0.4, -0.2) is 47.4 Å². The zero-order valence-corrected chi connectivity index (χ0v) is 62.6. The molecule has 0 saturated carbocycles. The van der Waals surface area contributed by atoms with Gasteiger partial charge in [-0.2, -0.15) is 0 Å². The van der Waals surface area contributed by atoms with Crippen LogP contribution in [-0.2, 0) is 14.3 Å². The fourth-order valence-corrected chi connectivity index (χ4v) is 13.5. The lowest BCUT2D eigenvalue weighted by Gasteiger charge is -2.22. The number of carbonyl (C=O) groups is 2. The summed E-state index contributed by atoms with van der Waals surface area (Å²) in [6.07, 6.45) is 107. The van der Waals surface area contributed by atoms with E-state index in [4.69, 9.17) is 4.74 Å². The second-order valence-electron chi connectivity index (χ2n) is 29.2. The minimum Gasteiger partial charge on any atom is -0.466 e. The van der Waals surface area contributed by atoms with E-state index in [0.717, 1.165) is 51.4 Å².